The molecule has 0 radical (unpaired) electrons. The summed E-state index contributed by atoms with van der Waals surface area (Å²) in [5.41, 5.74) is 7.72. The van der Waals surface area contributed by atoms with E-state index in [0.717, 1.165) is 9.48 Å². The van der Waals surface area contributed by atoms with Gasteiger partial charge in [-0.3, -0.25) is 10.2 Å². The summed E-state index contributed by atoms with van der Waals surface area (Å²) in [6.07, 6.45) is 0. The normalized spacial score (nSPS) is 9.47. The van der Waals surface area contributed by atoms with Crippen LogP contribution in [-0.4, -0.2) is 24.0 Å². The van der Waals surface area contributed by atoms with E-state index in [-0.39, 0.29) is 0 Å². The first kappa shape index (κ1) is 11.5. The number of benzene rings is 1. The van der Waals surface area contributed by atoms with Gasteiger partial charge in [-0.25, -0.2) is 9.80 Å². The van der Waals surface area contributed by atoms with Crippen molar-refractivity contribution < 1.29 is 9.59 Å². The quantitative estimate of drug-likeness (QED) is 0.751. The first-order chi connectivity index (χ1) is 7.00. The van der Waals surface area contributed by atoms with Crippen molar-refractivity contribution in [1.29, 1.82) is 0 Å². The zero-order valence-corrected chi connectivity index (χ0v) is 9.61. The molecule has 1 rings (SSSR count). The van der Waals surface area contributed by atoms with Gasteiger partial charge in [-0.2, -0.15) is 0 Å². The van der Waals surface area contributed by atoms with Crippen LogP contribution in [0.4, 0.5) is 4.79 Å². The molecule has 1 aromatic rings. The van der Waals surface area contributed by atoms with E-state index in [1.54, 1.807) is 24.3 Å². The van der Waals surface area contributed by atoms with E-state index in [1.807, 2.05) is 0 Å². The van der Waals surface area contributed by atoms with Crippen molar-refractivity contribution >= 4 is 27.9 Å². The summed E-state index contributed by atoms with van der Waals surface area (Å²) in [7, 11) is 1.37. The lowest BCUT2D eigenvalue weighted by molar-refractivity contribution is 0.0859. The minimum atomic E-state index is -0.724. The lowest BCUT2D eigenvalue weighted by atomic mass is 10.2. The number of carbonyl (C=O) groups excluding carboxylic acids is 2. The number of hydrogen-bond acceptors (Lipinski definition) is 2. The number of carbonyl (C=O) groups is 2. The fourth-order valence-electron chi connectivity index (χ4n) is 0.902. The number of primary amides is 1. The molecule has 0 aliphatic heterocycles. The smallest absolute Gasteiger partial charge is 0.333 e. The molecular formula is C9H10BrN3O2. The Labute approximate surface area is 95.3 Å². The molecule has 0 aliphatic carbocycles. The van der Waals surface area contributed by atoms with Crippen molar-refractivity contribution in [3.8, 4) is 0 Å². The van der Waals surface area contributed by atoms with Gasteiger partial charge in [0.25, 0.3) is 5.91 Å². The van der Waals surface area contributed by atoms with E-state index >= 15 is 0 Å². The topological polar surface area (TPSA) is 75.4 Å². The second-order valence-electron chi connectivity index (χ2n) is 2.85. The number of nitrogens with two attached hydrogens (primary N) is 1. The number of rotatable bonds is 1. The number of hydrazine groups is 1. The standard InChI is InChI=1S/C9H10BrN3O2/c1-13(9(11)15)12-8(14)6-3-2-4-7(10)5-6/h2-5H,1H3,(H2,11,15)(H,12,14). The Bertz CT molecular complexity index is 395. The number of urea groups is 1. The van der Waals surface area contributed by atoms with Gasteiger partial charge in [0.15, 0.2) is 0 Å². The molecule has 3 amide bonds. The zero-order chi connectivity index (χ0) is 11.4. The average molecular weight is 272 g/mol. The zero-order valence-electron chi connectivity index (χ0n) is 8.03. The van der Waals surface area contributed by atoms with Crippen LogP contribution in [0, 0.1) is 0 Å². The average Bonchev–Trinajstić information content (AvgIpc) is 2.17. The van der Waals surface area contributed by atoms with Crippen molar-refractivity contribution in [2.24, 2.45) is 5.73 Å². The number of nitrogens with zero attached hydrogens (tertiary/aromatic N) is 1. The van der Waals surface area contributed by atoms with Crippen molar-refractivity contribution in [3.05, 3.63) is 34.3 Å². The highest BCUT2D eigenvalue weighted by Crippen LogP contribution is 2.11. The van der Waals surface area contributed by atoms with Crippen LogP contribution >= 0.6 is 15.9 Å². The Morgan fingerprint density at radius 2 is 2.13 bits per heavy atom. The second kappa shape index (κ2) is 4.79. The van der Waals surface area contributed by atoms with Crippen LogP contribution in [0.15, 0.2) is 28.7 Å². The van der Waals surface area contributed by atoms with E-state index in [9.17, 15) is 9.59 Å². The molecule has 0 atom stereocenters. The Hall–Kier alpha value is -1.56. The van der Waals surface area contributed by atoms with Crippen LogP contribution in [0.1, 0.15) is 10.4 Å². The van der Waals surface area contributed by atoms with Crippen LogP contribution in [-0.2, 0) is 0 Å². The molecule has 0 aliphatic rings. The minimum Gasteiger partial charge on any atom is -0.350 e. The second-order valence-corrected chi connectivity index (χ2v) is 3.76. The van der Waals surface area contributed by atoms with Crippen LogP contribution < -0.4 is 11.2 Å². The molecule has 5 nitrogen and oxygen atoms in total. The molecule has 0 heterocycles. The van der Waals surface area contributed by atoms with Crippen LogP contribution in [0.2, 0.25) is 0 Å². The lowest BCUT2D eigenvalue weighted by Gasteiger charge is -2.15. The van der Waals surface area contributed by atoms with Crippen LogP contribution in [0.25, 0.3) is 0 Å². The molecular weight excluding hydrogens is 262 g/mol. The van der Waals surface area contributed by atoms with E-state index in [1.165, 1.54) is 7.05 Å². The SMILES string of the molecule is CN(NC(=O)c1cccc(Br)c1)C(N)=O. The first-order valence-electron chi connectivity index (χ1n) is 4.10. The van der Waals surface area contributed by atoms with Gasteiger partial charge in [-0.15, -0.1) is 0 Å². The fraction of sp³-hybridized carbons (Fsp3) is 0.111. The highest BCUT2D eigenvalue weighted by atomic mass is 79.9. The van der Waals surface area contributed by atoms with Gasteiger partial charge in [0, 0.05) is 17.1 Å². The van der Waals surface area contributed by atoms with E-state index < -0.39 is 11.9 Å². The molecule has 0 spiro atoms. The summed E-state index contributed by atoms with van der Waals surface area (Å²) in [5, 5.41) is 0.920. The van der Waals surface area contributed by atoms with Crippen LogP contribution in [0.5, 0.6) is 0 Å². The Kier molecular flexibility index (Phi) is 3.68. The third-order valence-corrected chi connectivity index (χ3v) is 2.18. The van der Waals surface area contributed by atoms with Gasteiger partial charge in [0.05, 0.1) is 0 Å². The molecule has 0 saturated heterocycles. The molecule has 0 unspecified atom stereocenters. The maximum Gasteiger partial charge on any atom is 0.333 e. The molecule has 1 aromatic carbocycles. The predicted octanol–water partition coefficient (Wildman–Crippen LogP) is 1.10. The van der Waals surface area contributed by atoms with E-state index in [2.05, 4.69) is 21.4 Å². The van der Waals surface area contributed by atoms with Gasteiger partial charge in [-0.05, 0) is 18.2 Å². The third-order valence-electron chi connectivity index (χ3n) is 1.69. The summed E-state index contributed by atoms with van der Waals surface area (Å²) in [4.78, 5) is 22.2. The Morgan fingerprint density at radius 1 is 1.47 bits per heavy atom. The summed E-state index contributed by atoms with van der Waals surface area (Å²) in [6, 6.07) is 6.08. The molecule has 0 bridgehead atoms. The van der Waals surface area contributed by atoms with Gasteiger partial charge in [0.2, 0.25) is 0 Å². The van der Waals surface area contributed by atoms with Crippen molar-refractivity contribution in [3.63, 3.8) is 0 Å². The Morgan fingerprint density at radius 3 is 2.67 bits per heavy atom. The Balaban J connectivity index is 2.73. The molecule has 15 heavy (non-hydrogen) atoms. The van der Waals surface area contributed by atoms with E-state index in [4.69, 9.17) is 5.73 Å². The summed E-state index contributed by atoms with van der Waals surface area (Å²) in [5.74, 6) is -0.391. The predicted molar refractivity (Wildman–Crippen MR) is 59.0 cm³/mol. The molecule has 0 aromatic heterocycles. The fourth-order valence-corrected chi connectivity index (χ4v) is 1.30. The molecule has 80 valence electrons. The van der Waals surface area contributed by atoms with Gasteiger partial charge >= 0.3 is 6.03 Å². The van der Waals surface area contributed by atoms with E-state index in [0.29, 0.717) is 5.56 Å². The number of hydrogen-bond donors (Lipinski definition) is 2. The highest BCUT2D eigenvalue weighted by Gasteiger charge is 2.10. The largest absolute Gasteiger partial charge is 0.350 e. The van der Waals surface area contributed by atoms with Gasteiger partial charge in [-0.1, -0.05) is 22.0 Å². The molecule has 6 heteroatoms. The lowest BCUT2D eigenvalue weighted by Crippen LogP contribution is -2.46. The molecule has 3 N–H and O–H groups in total. The van der Waals surface area contributed by atoms with Crippen molar-refractivity contribution in [1.82, 2.24) is 10.4 Å². The summed E-state index contributed by atoms with van der Waals surface area (Å²) < 4.78 is 0.789. The van der Waals surface area contributed by atoms with Crippen LogP contribution in [0.3, 0.4) is 0 Å². The number of amides is 3. The van der Waals surface area contributed by atoms with Gasteiger partial charge < -0.3 is 5.73 Å². The highest BCUT2D eigenvalue weighted by molar-refractivity contribution is 9.10. The molecule has 0 saturated carbocycles. The maximum atomic E-state index is 11.5. The van der Waals surface area contributed by atoms with Crippen molar-refractivity contribution in [2.75, 3.05) is 7.05 Å². The summed E-state index contributed by atoms with van der Waals surface area (Å²) in [6.45, 7) is 0. The number of halogens is 1. The van der Waals surface area contributed by atoms with Gasteiger partial charge in [0.1, 0.15) is 0 Å². The monoisotopic (exact) mass is 271 g/mol. The third kappa shape index (κ3) is 3.25. The minimum absolute atomic E-state index is 0.391. The first-order valence-corrected chi connectivity index (χ1v) is 4.89. The molecule has 0 fully saturated rings. The van der Waals surface area contributed by atoms with Crippen molar-refractivity contribution in [2.45, 2.75) is 0 Å². The number of nitrogens with one attached hydrogen (secondary N) is 1. The summed E-state index contributed by atoms with van der Waals surface area (Å²) >= 11 is 3.24. The maximum absolute atomic E-state index is 11.5.